The SMILES string of the molecule is O=C(c1cccc(-c2ccccc2)c1)[C@@H]1CN(Cc2ccccc2)C[C@H]1N1CCC(c2ccccc2)CC1. The van der Waals surface area contributed by atoms with Gasteiger partial charge in [-0.15, -0.1) is 0 Å². The van der Waals surface area contributed by atoms with Crippen molar-refractivity contribution in [1.29, 1.82) is 0 Å². The second kappa shape index (κ2) is 11.5. The first-order chi connectivity index (χ1) is 18.7. The molecule has 2 aliphatic rings. The van der Waals surface area contributed by atoms with Crippen molar-refractivity contribution in [2.24, 2.45) is 5.92 Å². The molecular weight excluding hydrogens is 464 g/mol. The molecule has 0 saturated carbocycles. The Morgan fingerprint density at radius 3 is 2.03 bits per heavy atom. The summed E-state index contributed by atoms with van der Waals surface area (Å²) in [6.45, 7) is 4.76. The molecule has 3 heteroatoms. The molecule has 0 N–H and O–H groups in total. The molecule has 4 aromatic carbocycles. The Labute approximate surface area is 226 Å². The van der Waals surface area contributed by atoms with Crippen molar-refractivity contribution in [3.05, 3.63) is 132 Å². The number of likely N-dealkylation sites (tertiary alicyclic amines) is 2. The molecule has 0 radical (unpaired) electrons. The summed E-state index contributed by atoms with van der Waals surface area (Å²) in [5.41, 5.74) is 5.86. The minimum Gasteiger partial charge on any atom is -0.298 e. The molecule has 4 aromatic rings. The van der Waals surface area contributed by atoms with E-state index in [1.165, 1.54) is 11.1 Å². The van der Waals surface area contributed by atoms with Gasteiger partial charge in [0.05, 0.1) is 5.92 Å². The number of hydrogen-bond donors (Lipinski definition) is 0. The summed E-state index contributed by atoms with van der Waals surface area (Å²) >= 11 is 0. The van der Waals surface area contributed by atoms with E-state index in [0.717, 1.165) is 62.3 Å². The average molecular weight is 501 g/mol. The van der Waals surface area contributed by atoms with E-state index in [1.54, 1.807) is 0 Å². The molecule has 2 aliphatic heterocycles. The summed E-state index contributed by atoms with van der Waals surface area (Å²) in [5, 5.41) is 0. The summed E-state index contributed by atoms with van der Waals surface area (Å²) in [7, 11) is 0. The van der Waals surface area contributed by atoms with Crippen molar-refractivity contribution in [3.63, 3.8) is 0 Å². The molecule has 192 valence electrons. The highest BCUT2D eigenvalue weighted by Crippen LogP contribution is 2.34. The maximum absolute atomic E-state index is 14.1. The zero-order chi connectivity index (χ0) is 25.7. The van der Waals surface area contributed by atoms with Crippen molar-refractivity contribution in [2.75, 3.05) is 26.2 Å². The number of benzene rings is 4. The Kier molecular flexibility index (Phi) is 7.48. The van der Waals surface area contributed by atoms with Crippen LogP contribution >= 0.6 is 0 Å². The quantitative estimate of drug-likeness (QED) is 0.258. The smallest absolute Gasteiger partial charge is 0.168 e. The van der Waals surface area contributed by atoms with Crippen LogP contribution in [0.1, 0.15) is 40.2 Å². The summed E-state index contributed by atoms with van der Waals surface area (Å²) < 4.78 is 0. The number of Topliss-reactive ketones (excluding diaryl/α,β-unsaturated/α-hetero) is 1. The van der Waals surface area contributed by atoms with Gasteiger partial charge < -0.3 is 0 Å². The van der Waals surface area contributed by atoms with E-state index < -0.39 is 0 Å². The first-order valence-corrected chi connectivity index (χ1v) is 14.0. The number of nitrogens with zero attached hydrogens (tertiary/aromatic N) is 2. The van der Waals surface area contributed by atoms with Crippen LogP contribution in [0.15, 0.2) is 115 Å². The van der Waals surface area contributed by atoms with Crippen LogP contribution in [0.25, 0.3) is 11.1 Å². The molecule has 6 rings (SSSR count). The third kappa shape index (κ3) is 5.50. The molecule has 0 amide bonds. The Hall–Kier alpha value is -3.53. The lowest BCUT2D eigenvalue weighted by atomic mass is 9.86. The third-order valence-corrected chi connectivity index (χ3v) is 8.47. The topological polar surface area (TPSA) is 23.6 Å². The molecular formula is C35H36N2O. The van der Waals surface area contributed by atoms with Crippen LogP contribution in [0.4, 0.5) is 0 Å². The van der Waals surface area contributed by atoms with E-state index in [2.05, 4.69) is 107 Å². The van der Waals surface area contributed by atoms with Crippen molar-refractivity contribution in [3.8, 4) is 11.1 Å². The molecule has 2 fully saturated rings. The lowest BCUT2D eigenvalue weighted by Gasteiger charge is -2.38. The van der Waals surface area contributed by atoms with Crippen LogP contribution in [0.5, 0.6) is 0 Å². The van der Waals surface area contributed by atoms with Gasteiger partial charge in [0.1, 0.15) is 0 Å². The van der Waals surface area contributed by atoms with Gasteiger partial charge >= 0.3 is 0 Å². The lowest BCUT2D eigenvalue weighted by molar-refractivity contribution is 0.0804. The van der Waals surface area contributed by atoms with Gasteiger partial charge in [0.15, 0.2) is 5.78 Å². The van der Waals surface area contributed by atoms with Gasteiger partial charge in [-0.1, -0.05) is 109 Å². The zero-order valence-corrected chi connectivity index (χ0v) is 22.0. The standard InChI is InChI=1S/C35H36N2O/c38-35(32-18-10-17-31(23-32)29-15-8-3-9-16-29)33-25-36(24-27-11-4-1-5-12-27)26-34(33)37-21-19-30(20-22-37)28-13-6-2-7-14-28/h1-18,23,30,33-34H,19-22,24-26H2/t33-,34-/m1/s1. The molecule has 0 aromatic heterocycles. The van der Waals surface area contributed by atoms with Crippen LogP contribution < -0.4 is 0 Å². The lowest BCUT2D eigenvalue weighted by Crippen LogP contribution is -2.47. The summed E-state index contributed by atoms with van der Waals surface area (Å²) in [6, 6.07) is 40.5. The van der Waals surface area contributed by atoms with Gasteiger partial charge in [0.25, 0.3) is 0 Å². The maximum Gasteiger partial charge on any atom is 0.168 e. The maximum atomic E-state index is 14.1. The molecule has 0 bridgehead atoms. The second-order valence-electron chi connectivity index (χ2n) is 10.9. The largest absolute Gasteiger partial charge is 0.298 e. The highest BCUT2D eigenvalue weighted by molar-refractivity contribution is 5.99. The summed E-state index contributed by atoms with van der Waals surface area (Å²) in [4.78, 5) is 19.2. The van der Waals surface area contributed by atoms with Crippen LogP contribution in [-0.2, 0) is 6.54 Å². The fourth-order valence-electron chi connectivity index (χ4n) is 6.45. The monoisotopic (exact) mass is 500 g/mol. The highest BCUT2D eigenvalue weighted by Gasteiger charge is 2.42. The fourth-order valence-corrected chi connectivity index (χ4v) is 6.45. The minimum atomic E-state index is -0.0157. The summed E-state index contributed by atoms with van der Waals surface area (Å²) in [6.07, 6.45) is 2.31. The molecule has 0 unspecified atom stereocenters. The van der Waals surface area contributed by atoms with Gasteiger partial charge in [-0.3, -0.25) is 14.6 Å². The molecule has 2 saturated heterocycles. The molecule has 0 spiro atoms. The number of piperidine rings is 1. The van der Waals surface area contributed by atoms with Crippen LogP contribution in [0.2, 0.25) is 0 Å². The van der Waals surface area contributed by atoms with E-state index >= 15 is 0 Å². The minimum absolute atomic E-state index is 0.0157. The third-order valence-electron chi connectivity index (χ3n) is 8.47. The van der Waals surface area contributed by atoms with E-state index in [9.17, 15) is 4.79 Å². The summed E-state index contributed by atoms with van der Waals surface area (Å²) in [5.74, 6) is 0.887. The van der Waals surface area contributed by atoms with E-state index in [1.807, 2.05) is 18.2 Å². The van der Waals surface area contributed by atoms with Gasteiger partial charge in [-0.2, -0.15) is 0 Å². The Morgan fingerprint density at radius 2 is 1.32 bits per heavy atom. The van der Waals surface area contributed by atoms with Crippen molar-refractivity contribution >= 4 is 5.78 Å². The van der Waals surface area contributed by atoms with Gasteiger partial charge in [-0.25, -0.2) is 0 Å². The number of carbonyl (C=O) groups excluding carboxylic acids is 1. The number of ketones is 1. The number of hydrogen-bond acceptors (Lipinski definition) is 3. The van der Waals surface area contributed by atoms with Crippen molar-refractivity contribution < 1.29 is 4.79 Å². The number of carbonyl (C=O) groups is 1. The molecule has 38 heavy (non-hydrogen) atoms. The predicted octanol–water partition coefficient (Wildman–Crippen LogP) is 6.92. The molecule has 0 aliphatic carbocycles. The Balaban J connectivity index is 1.22. The van der Waals surface area contributed by atoms with Crippen LogP contribution in [0, 0.1) is 5.92 Å². The number of rotatable bonds is 7. The molecule has 2 atom stereocenters. The first-order valence-electron chi connectivity index (χ1n) is 14.0. The van der Waals surface area contributed by atoms with Crippen molar-refractivity contribution in [2.45, 2.75) is 31.3 Å². The Morgan fingerprint density at radius 1 is 0.684 bits per heavy atom. The average Bonchev–Trinajstić information content (AvgIpc) is 3.42. The van der Waals surface area contributed by atoms with E-state index in [0.29, 0.717) is 5.92 Å². The molecule has 3 nitrogen and oxygen atoms in total. The van der Waals surface area contributed by atoms with Gasteiger partial charge in [0, 0.05) is 31.2 Å². The fraction of sp³-hybridized carbons (Fsp3) is 0.286. The first kappa shape index (κ1) is 24.8. The zero-order valence-electron chi connectivity index (χ0n) is 22.0. The van der Waals surface area contributed by atoms with Gasteiger partial charge in [-0.05, 0) is 60.2 Å². The van der Waals surface area contributed by atoms with Crippen LogP contribution in [-0.4, -0.2) is 47.8 Å². The van der Waals surface area contributed by atoms with Gasteiger partial charge in [0.2, 0.25) is 0 Å². The predicted molar refractivity (Wildman–Crippen MR) is 155 cm³/mol. The van der Waals surface area contributed by atoms with Crippen molar-refractivity contribution in [1.82, 2.24) is 9.80 Å². The van der Waals surface area contributed by atoms with E-state index in [4.69, 9.17) is 0 Å². The van der Waals surface area contributed by atoms with Crippen LogP contribution in [0.3, 0.4) is 0 Å². The molecule has 2 heterocycles. The van der Waals surface area contributed by atoms with E-state index in [-0.39, 0.29) is 17.7 Å². The normalized spacial score (nSPS) is 20.9. The Bertz CT molecular complexity index is 1330. The highest BCUT2D eigenvalue weighted by atomic mass is 16.1. The second-order valence-corrected chi connectivity index (χ2v) is 10.9.